The normalized spacial score (nSPS) is 13.3. The van der Waals surface area contributed by atoms with Crippen molar-refractivity contribution in [2.24, 2.45) is 5.92 Å². The summed E-state index contributed by atoms with van der Waals surface area (Å²) in [5.74, 6) is -2.37. The molecule has 0 aromatic heterocycles. The molecule has 1 N–H and O–H groups in total. The summed E-state index contributed by atoms with van der Waals surface area (Å²) in [6.07, 6.45) is -1.30. The number of ether oxygens (including phenoxy) is 2. The molecule has 0 spiro atoms. The van der Waals surface area contributed by atoms with Gasteiger partial charge in [0.15, 0.2) is 6.10 Å². The average Bonchev–Trinajstić information content (AvgIpc) is 2.45. The Morgan fingerprint density at radius 3 is 2.15 bits per heavy atom. The van der Waals surface area contributed by atoms with E-state index in [4.69, 9.17) is 9.47 Å². The summed E-state index contributed by atoms with van der Waals surface area (Å²) in [5.41, 5.74) is 0.842. The molecule has 0 aliphatic rings. The van der Waals surface area contributed by atoms with E-state index in [0.29, 0.717) is 0 Å². The second kappa shape index (κ2) is 8.32. The van der Waals surface area contributed by atoms with Gasteiger partial charge in [0.25, 0.3) is 0 Å². The maximum Gasteiger partial charge on any atom is 0.335 e. The van der Waals surface area contributed by atoms with Gasteiger partial charge in [0, 0.05) is 0 Å². The van der Waals surface area contributed by atoms with Crippen LogP contribution < -0.4 is 0 Å². The van der Waals surface area contributed by atoms with E-state index in [0.717, 1.165) is 5.56 Å². The van der Waals surface area contributed by atoms with Crippen molar-refractivity contribution in [2.45, 2.75) is 26.4 Å². The fraction of sp³-hybridized carbons (Fsp3) is 0.467. The minimum Gasteiger partial charge on any atom is -0.466 e. The molecule has 1 rings (SSSR count). The maximum absolute atomic E-state index is 11.9. The van der Waals surface area contributed by atoms with Gasteiger partial charge in [-0.15, -0.1) is 0 Å². The van der Waals surface area contributed by atoms with Crippen LogP contribution >= 0.6 is 0 Å². The molecule has 2 atom stereocenters. The summed E-state index contributed by atoms with van der Waals surface area (Å²) >= 11 is 0. The third-order valence-corrected chi connectivity index (χ3v) is 2.80. The van der Waals surface area contributed by atoms with E-state index in [9.17, 15) is 14.7 Å². The molecular weight excluding hydrogens is 260 g/mol. The number of aliphatic hydroxyl groups excluding tert-OH is 1. The highest BCUT2D eigenvalue weighted by Crippen LogP contribution is 2.16. The fourth-order valence-electron chi connectivity index (χ4n) is 1.83. The van der Waals surface area contributed by atoms with E-state index < -0.39 is 24.0 Å². The third kappa shape index (κ3) is 4.66. The van der Waals surface area contributed by atoms with E-state index in [-0.39, 0.29) is 19.6 Å². The molecule has 0 aliphatic carbocycles. The lowest BCUT2D eigenvalue weighted by Crippen LogP contribution is -2.38. The molecule has 0 heterocycles. The van der Waals surface area contributed by atoms with Crippen molar-refractivity contribution >= 4 is 11.9 Å². The summed E-state index contributed by atoms with van der Waals surface area (Å²) in [5, 5.41) is 9.99. The summed E-state index contributed by atoms with van der Waals surface area (Å²) < 4.78 is 9.67. The maximum atomic E-state index is 11.9. The van der Waals surface area contributed by atoms with Crippen LogP contribution in [0, 0.1) is 5.92 Å². The summed E-state index contributed by atoms with van der Waals surface area (Å²) in [7, 11) is 0. The first-order chi connectivity index (χ1) is 9.60. The second-order valence-corrected chi connectivity index (χ2v) is 4.25. The summed E-state index contributed by atoms with van der Waals surface area (Å²) in [4.78, 5) is 23.5. The first-order valence-corrected chi connectivity index (χ1v) is 6.65. The molecule has 0 amide bonds. The molecule has 0 saturated heterocycles. The predicted molar refractivity (Wildman–Crippen MR) is 72.9 cm³/mol. The van der Waals surface area contributed by atoms with Crippen LogP contribution in [0.15, 0.2) is 30.3 Å². The van der Waals surface area contributed by atoms with Gasteiger partial charge in [0.05, 0.1) is 19.1 Å². The van der Waals surface area contributed by atoms with Crippen LogP contribution in [0.3, 0.4) is 0 Å². The lowest BCUT2D eigenvalue weighted by molar-refractivity contribution is -0.166. The van der Waals surface area contributed by atoms with Gasteiger partial charge in [-0.3, -0.25) is 4.79 Å². The Bertz CT molecular complexity index is 429. The van der Waals surface area contributed by atoms with Crippen LogP contribution in [0.4, 0.5) is 0 Å². The molecule has 2 unspecified atom stereocenters. The van der Waals surface area contributed by atoms with Crippen LogP contribution in [0.5, 0.6) is 0 Å². The number of rotatable bonds is 7. The summed E-state index contributed by atoms with van der Waals surface area (Å²) in [6.45, 7) is 3.66. The number of aliphatic hydroxyl groups is 1. The Morgan fingerprint density at radius 1 is 1.05 bits per heavy atom. The molecule has 110 valence electrons. The van der Waals surface area contributed by atoms with Crippen LogP contribution in [-0.4, -0.2) is 36.4 Å². The standard InChI is InChI=1S/C15H20O5/c1-3-19-14(17)12(13(16)15(18)20-4-2)10-11-8-6-5-7-9-11/h5-9,12-13,16H,3-4,10H2,1-2H3. The van der Waals surface area contributed by atoms with Gasteiger partial charge in [-0.1, -0.05) is 30.3 Å². The Balaban J connectivity index is 2.84. The van der Waals surface area contributed by atoms with Crippen LogP contribution in [-0.2, 0) is 25.5 Å². The second-order valence-electron chi connectivity index (χ2n) is 4.25. The first kappa shape index (κ1) is 16.2. The van der Waals surface area contributed by atoms with Crippen molar-refractivity contribution in [3.05, 3.63) is 35.9 Å². The molecule has 0 bridgehead atoms. The Kier molecular flexibility index (Phi) is 6.73. The van der Waals surface area contributed by atoms with Gasteiger partial charge < -0.3 is 14.6 Å². The van der Waals surface area contributed by atoms with Crippen LogP contribution in [0.2, 0.25) is 0 Å². The average molecular weight is 280 g/mol. The zero-order valence-electron chi connectivity index (χ0n) is 11.7. The third-order valence-electron chi connectivity index (χ3n) is 2.80. The van der Waals surface area contributed by atoms with Crippen LogP contribution in [0.1, 0.15) is 19.4 Å². The van der Waals surface area contributed by atoms with Gasteiger partial charge in [0.2, 0.25) is 0 Å². The van der Waals surface area contributed by atoms with E-state index in [2.05, 4.69) is 0 Å². The topological polar surface area (TPSA) is 72.8 Å². The Hall–Kier alpha value is -1.88. The Labute approximate surface area is 118 Å². The molecule has 5 heteroatoms. The van der Waals surface area contributed by atoms with Gasteiger partial charge in [-0.2, -0.15) is 0 Å². The van der Waals surface area contributed by atoms with Crippen molar-refractivity contribution in [1.29, 1.82) is 0 Å². The van der Waals surface area contributed by atoms with E-state index in [1.807, 2.05) is 30.3 Å². The van der Waals surface area contributed by atoms with Gasteiger partial charge in [0.1, 0.15) is 0 Å². The van der Waals surface area contributed by atoms with E-state index >= 15 is 0 Å². The van der Waals surface area contributed by atoms with Crippen molar-refractivity contribution in [2.75, 3.05) is 13.2 Å². The number of carbonyl (C=O) groups is 2. The first-order valence-electron chi connectivity index (χ1n) is 6.65. The SMILES string of the molecule is CCOC(=O)C(O)C(Cc1ccccc1)C(=O)OCC. The number of hydrogen-bond acceptors (Lipinski definition) is 5. The molecular formula is C15H20O5. The Morgan fingerprint density at radius 2 is 1.60 bits per heavy atom. The zero-order chi connectivity index (χ0) is 15.0. The number of hydrogen-bond donors (Lipinski definition) is 1. The number of benzene rings is 1. The highest BCUT2D eigenvalue weighted by molar-refractivity contribution is 5.83. The minimum absolute atomic E-state index is 0.150. The van der Waals surface area contributed by atoms with Crippen molar-refractivity contribution in [3.8, 4) is 0 Å². The number of carbonyl (C=O) groups excluding carboxylic acids is 2. The van der Waals surface area contributed by atoms with Gasteiger partial charge in [-0.05, 0) is 25.8 Å². The highest BCUT2D eigenvalue weighted by atomic mass is 16.6. The van der Waals surface area contributed by atoms with Crippen molar-refractivity contribution in [1.82, 2.24) is 0 Å². The predicted octanol–water partition coefficient (Wildman–Crippen LogP) is 1.33. The molecule has 0 fully saturated rings. The molecule has 0 radical (unpaired) electrons. The highest BCUT2D eigenvalue weighted by Gasteiger charge is 2.34. The molecule has 0 saturated carbocycles. The smallest absolute Gasteiger partial charge is 0.335 e. The van der Waals surface area contributed by atoms with Crippen molar-refractivity contribution in [3.63, 3.8) is 0 Å². The lowest BCUT2D eigenvalue weighted by atomic mass is 9.94. The van der Waals surface area contributed by atoms with E-state index in [1.54, 1.807) is 13.8 Å². The van der Waals surface area contributed by atoms with Gasteiger partial charge >= 0.3 is 11.9 Å². The summed E-state index contributed by atoms with van der Waals surface area (Å²) in [6, 6.07) is 9.15. The largest absolute Gasteiger partial charge is 0.466 e. The minimum atomic E-state index is -1.52. The lowest BCUT2D eigenvalue weighted by Gasteiger charge is -2.20. The van der Waals surface area contributed by atoms with E-state index in [1.165, 1.54) is 0 Å². The molecule has 5 nitrogen and oxygen atoms in total. The molecule has 1 aromatic carbocycles. The molecule has 0 aliphatic heterocycles. The fourth-order valence-corrected chi connectivity index (χ4v) is 1.83. The van der Waals surface area contributed by atoms with Crippen LogP contribution in [0.25, 0.3) is 0 Å². The molecule has 1 aromatic rings. The zero-order valence-corrected chi connectivity index (χ0v) is 11.7. The van der Waals surface area contributed by atoms with Gasteiger partial charge in [-0.25, -0.2) is 4.79 Å². The monoisotopic (exact) mass is 280 g/mol. The van der Waals surface area contributed by atoms with Crippen molar-refractivity contribution < 1.29 is 24.2 Å². The molecule has 20 heavy (non-hydrogen) atoms. The quantitative estimate of drug-likeness (QED) is 0.763. The number of esters is 2.